The molecule has 0 saturated carbocycles. The first-order valence-corrected chi connectivity index (χ1v) is 24.6. The molecule has 23 nitrogen and oxygen atoms in total. The number of nitrogens with one attached hydrogen (secondary N) is 2. The summed E-state index contributed by atoms with van der Waals surface area (Å²) in [6, 6.07) is 0. The van der Waals surface area contributed by atoms with Crippen LogP contribution >= 0.6 is 0 Å². The molecule has 414 valence electrons. The monoisotopic (exact) mass is 1020 g/mol. The third-order valence-electron chi connectivity index (χ3n) is 9.47. The van der Waals surface area contributed by atoms with Crippen molar-refractivity contribution < 1.29 is 95.0 Å². The van der Waals surface area contributed by atoms with E-state index in [1.54, 1.807) is 21.3 Å². The molecule has 70 heavy (non-hydrogen) atoms. The molecule has 0 spiro atoms. The van der Waals surface area contributed by atoms with E-state index in [4.69, 9.17) is 81.5 Å². The molecule has 0 atom stereocenters. The maximum atomic E-state index is 13.6. The molecule has 0 rings (SSSR count). The van der Waals surface area contributed by atoms with Gasteiger partial charge in [-0.25, -0.2) is 0 Å². The molecule has 0 unspecified atom stereocenters. The van der Waals surface area contributed by atoms with E-state index >= 15 is 0 Å². The van der Waals surface area contributed by atoms with Crippen LogP contribution in [-0.4, -0.2) is 256 Å². The maximum Gasteiger partial charge on any atom is 0.222 e. The Morgan fingerprint density at radius 3 is 1.06 bits per heavy atom. The molecule has 0 aliphatic heterocycles. The number of rotatable bonds is 59. The second-order valence-electron chi connectivity index (χ2n) is 15.6. The number of nitrogens with two attached hydrogens (primary N) is 1. The Labute approximate surface area is 416 Å². The lowest BCUT2D eigenvalue weighted by Gasteiger charge is -2.33. The van der Waals surface area contributed by atoms with Gasteiger partial charge in [0.05, 0.1) is 185 Å². The van der Waals surface area contributed by atoms with Gasteiger partial charge in [-0.05, 0) is 6.42 Å². The van der Waals surface area contributed by atoms with Crippen LogP contribution in [0.4, 0.5) is 0 Å². The smallest absolute Gasteiger partial charge is 0.222 e. The summed E-state index contributed by atoms with van der Waals surface area (Å²) in [5.41, 5.74) is 4.38. The van der Waals surface area contributed by atoms with Gasteiger partial charge >= 0.3 is 0 Å². The standard InChI is InChI=1S/C47H91N3O20/c1-55-21-24-63-32-27-58-13-4-5-43(51)6-15-68-40-47(41-69-16-8-45(53)49-11-19-61-30-35-64-25-22-56-2,42-70-17-9-46(54)50-12-20-62-31-36-65-26-23-57-3)39-44(52)7-14-59-28-33-66-37-38-67-34-29-60-18-10-48/h4-42,48H2,1-3H3,(H,49,53)(H,50,54). The predicted octanol–water partition coefficient (Wildman–Crippen LogP) is 0.188. The van der Waals surface area contributed by atoms with Crippen molar-refractivity contribution in [3.05, 3.63) is 0 Å². The highest BCUT2D eigenvalue weighted by Gasteiger charge is 2.34. The molecular weight excluding hydrogens is 927 g/mol. The minimum absolute atomic E-state index is 0.00551. The molecule has 0 heterocycles. The van der Waals surface area contributed by atoms with Gasteiger partial charge in [0.1, 0.15) is 11.6 Å². The Kier molecular flexibility index (Phi) is 52.5. The average Bonchev–Trinajstić information content (AvgIpc) is 3.35. The van der Waals surface area contributed by atoms with Crippen molar-refractivity contribution in [3.63, 3.8) is 0 Å². The van der Waals surface area contributed by atoms with Gasteiger partial charge in [-0.2, -0.15) is 0 Å². The Morgan fingerprint density at radius 2 is 0.657 bits per heavy atom. The van der Waals surface area contributed by atoms with Gasteiger partial charge in [0.25, 0.3) is 0 Å². The molecule has 2 amide bonds. The van der Waals surface area contributed by atoms with Crippen LogP contribution in [0.1, 0.15) is 44.9 Å². The second-order valence-corrected chi connectivity index (χ2v) is 15.6. The lowest BCUT2D eigenvalue weighted by atomic mass is 9.84. The highest BCUT2D eigenvalue weighted by Crippen LogP contribution is 2.26. The lowest BCUT2D eigenvalue weighted by Crippen LogP contribution is -2.40. The fraction of sp³-hybridized carbons (Fsp3) is 0.915. The highest BCUT2D eigenvalue weighted by molar-refractivity contribution is 5.79. The summed E-state index contributed by atoms with van der Waals surface area (Å²) in [7, 11) is 4.81. The molecule has 0 radical (unpaired) electrons. The van der Waals surface area contributed by atoms with E-state index in [-0.39, 0.29) is 108 Å². The number of hydrogen-bond acceptors (Lipinski definition) is 21. The summed E-state index contributed by atoms with van der Waals surface area (Å²) in [5.74, 6) is -0.594. The minimum Gasteiger partial charge on any atom is -0.382 e. The van der Waals surface area contributed by atoms with E-state index < -0.39 is 5.41 Å². The van der Waals surface area contributed by atoms with Crippen LogP contribution in [0, 0.1) is 5.41 Å². The number of ether oxygens (including phenoxy) is 16. The van der Waals surface area contributed by atoms with E-state index in [9.17, 15) is 19.2 Å². The molecule has 0 saturated heterocycles. The number of ketones is 2. The average molecular weight is 1020 g/mol. The first kappa shape index (κ1) is 67.6. The molecule has 0 aromatic rings. The molecule has 0 aliphatic rings. The zero-order valence-corrected chi connectivity index (χ0v) is 42.8. The fourth-order valence-corrected chi connectivity index (χ4v) is 5.79. The van der Waals surface area contributed by atoms with Gasteiger partial charge in [-0.15, -0.1) is 0 Å². The molecule has 0 bridgehead atoms. The van der Waals surface area contributed by atoms with Gasteiger partial charge in [-0.3, -0.25) is 19.2 Å². The van der Waals surface area contributed by atoms with E-state index in [0.29, 0.717) is 171 Å². The van der Waals surface area contributed by atoms with Gasteiger partial charge in [0.15, 0.2) is 0 Å². The predicted molar refractivity (Wildman–Crippen MR) is 256 cm³/mol. The summed E-state index contributed by atoms with van der Waals surface area (Å²) in [4.78, 5) is 51.6. The molecule has 4 N–H and O–H groups in total. The van der Waals surface area contributed by atoms with Crippen molar-refractivity contribution >= 4 is 23.4 Å². The van der Waals surface area contributed by atoms with Crippen LogP contribution in [0.2, 0.25) is 0 Å². The van der Waals surface area contributed by atoms with Crippen LogP contribution in [0.15, 0.2) is 0 Å². The summed E-state index contributed by atoms with van der Waals surface area (Å²) >= 11 is 0. The van der Waals surface area contributed by atoms with E-state index in [1.807, 2.05) is 0 Å². The maximum absolute atomic E-state index is 13.6. The van der Waals surface area contributed by atoms with E-state index in [2.05, 4.69) is 10.6 Å². The lowest BCUT2D eigenvalue weighted by molar-refractivity contribution is -0.133. The molecule has 23 heteroatoms. The van der Waals surface area contributed by atoms with Crippen molar-refractivity contribution in [3.8, 4) is 0 Å². The van der Waals surface area contributed by atoms with E-state index in [1.165, 1.54) is 0 Å². The van der Waals surface area contributed by atoms with Crippen LogP contribution in [0.5, 0.6) is 0 Å². The third-order valence-corrected chi connectivity index (χ3v) is 9.47. The number of carbonyl (C=O) groups is 4. The second kappa shape index (κ2) is 54.4. The number of methoxy groups -OCH3 is 3. The van der Waals surface area contributed by atoms with Gasteiger partial charge < -0.3 is 92.2 Å². The summed E-state index contributed by atoms with van der Waals surface area (Å²) < 4.78 is 87.7. The number of amides is 2. The quantitative estimate of drug-likeness (QED) is 0.0687. The van der Waals surface area contributed by atoms with Crippen LogP contribution in [0.3, 0.4) is 0 Å². The molecule has 0 aromatic carbocycles. The third kappa shape index (κ3) is 49.2. The van der Waals surface area contributed by atoms with Crippen molar-refractivity contribution in [2.75, 3.05) is 233 Å². The first-order chi connectivity index (χ1) is 34.3. The van der Waals surface area contributed by atoms with Crippen molar-refractivity contribution in [2.24, 2.45) is 11.1 Å². The zero-order chi connectivity index (χ0) is 51.1. The zero-order valence-electron chi connectivity index (χ0n) is 42.8. The van der Waals surface area contributed by atoms with Crippen LogP contribution < -0.4 is 16.4 Å². The van der Waals surface area contributed by atoms with Crippen LogP contribution in [-0.2, 0) is 95.0 Å². The fourth-order valence-electron chi connectivity index (χ4n) is 5.79. The number of carbonyl (C=O) groups excluding carboxylic acids is 4. The molecular formula is C47H91N3O20. The highest BCUT2D eigenvalue weighted by atomic mass is 16.6. The Hall–Kier alpha value is -2.40. The Balaban J connectivity index is 5.38. The van der Waals surface area contributed by atoms with Gasteiger partial charge in [0.2, 0.25) is 11.8 Å². The summed E-state index contributed by atoms with van der Waals surface area (Å²) in [6.07, 6.45) is 1.23. The summed E-state index contributed by atoms with van der Waals surface area (Å²) in [6.45, 7) is 10.8. The van der Waals surface area contributed by atoms with Crippen LogP contribution in [0.25, 0.3) is 0 Å². The largest absolute Gasteiger partial charge is 0.382 e. The Bertz CT molecular complexity index is 1080. The SMILES string of the molecule is COCCOCCOCCCC(=O)CCOCC(COCCC(=O)NCCOCCOCCOC)(COCCC(=O)NCCOCCOCCOC)CC(=O)CCOCCOCCOCCOCCN. The number of Topliss-reactive ketones (excluding diaryl/α,β-unsaturated/α-hetero) is 2. The van der Waals surface area contributed by atoms with Gasteiger partial charge in [-0.1, -0.05) is 0 Å². The molecule has 0 aliphatic carbocycles. The first-order valence-electron chi connectivity index (χ1n) is 24.6. The van der Waals surface area contributed by atoms with Gasteiger partial charge in [0, 0.05) is 91.5 Å². The van der Waals surface area contributed by atoms with Crippen molar-refractivity contribution in [1.29, 1.82) is 0 Å². The molecule has 0 fully saturated rings. The summed E-state index contributed by atoms with van der Waals surface area (Å²) in [5, 5.41) is 5.61. The Morgan fingerprint density at radius 1 is 0.343 bits per heavy atom. The van der Waals surface area contributed by atoms with E-state index in [0.717, 1.165) is 0 Å². The topological polar surface area (TPSA) is 266 Å². The normalized spacial score (nSPS) is 11.7. The minimum atomic E-state index is -1.02. The molecule has 0 aromatic heterocycles. The number of hydrogen-bond donors (Lipinski definition) is 3. The van der Waals surface area contributed by atoms with Crippen molar-refractivity contribution in [2.45, 2.75) is 44.9 Å². The van der Waals surface area contributed by atoms with Crippen molar-refractivity contribution in [1.82, 2.24) is 10.6 Å².